The zero-order chi connectivity index (χ0) is 19.6. The Morgan fingerprint density at radius 1 is 1.04 bits per heavy atom. The van der Waals surface area contributed by atoms with Crippen LogP contribution in [0.1, 0.15) is 55.4 Å². The smallest absolute Gasteiger partial charge is 0.271 e. The molecule has 0 aromatic carbocycles. The second kappa shape index (κ2) is 8.00. The highest BCUT2D eigenvalue weighted by Crippen LogP contribution is 2.21. The minimum atomic E-state index is -3.48. The molecule has 2 aromatic rings. The summed E-state index contributed by atoms with van der Waals surface area (Å²) in [6.07, 6.45) is 11.9. The number of nitrogens with zero attached hydrogens (tertiary/aromatic N) is 4. The third-order valence-corrected chi connectivity index (χ3v) is 7.33. The summed E-state index contributed by atoms with van der Waals surface area (Å²) < 4.78 is 28.3. The van der Waals surface area contributed by atoms with Crippen LogP contribution in [0.25, 0.3) is 5.82 Å². The summed E-state index contributed by atoms with van der Waals surface area (Å²) in [5, 5.41) is 3.04. The monoisotopic (exact) mass is 403 g/mol. The van der Waals surface area contributed by atoms with Crippen LogP contribution in [-0.2, 0) is 10.0 Å². The molecule has 1 aliphatic heterocycles. The van der Waals surface area contributed by atoms with E-state index >= 15 is 0 Å². The van der Waals surface area contributed by atoms with E-state index in [0.717, 1.165) is 38.5 Å². The van der Waals surface area contributed by atoms with Crippen LogP contribution in [0.3, 0.4) is 0 Å². The van der Waals surface area contributed by atoms with Gasteiger partial charge in [0.05, 0.1) is 0 Å². The van der Waals surface area contributed by atoms with Crippen molar-refractivity contribution in [2.75, 3.05) is 13.1 Å². The van der Waals surface area contributed by atoms with Gasteiger partial charge in [0.15, 0.2) is 0 Å². The van der Waals surface area contributed by atoms with E-state index in [1.807, 2.05) is 0 Å². The topological polar surface area (TPSA) is 97.2 Å². The van der Waals surface area contributed by atoms with Crippen LogP contribution in [0, 0.1) is 0 Å². The zero-order valence-corrected chi connectivity index (χ0v) is 16.6. The normalized spacial score (nSPS) is 19.0. The Morgan fingerprint density at radius 2 is 1.79 bits per heavy atom. The molecule has 150 valence electrons. The summed E-state index contributed by atoms with van der Waals surface area (Å²) in [6, 6.07) is 3.41. The fourth-order valence-corrected chi connectivity index (χ4v) is 5.29. The summed E-state index contributed by atoms with van der Waals surface area (Å²) in [5.41, 5.74) is 0.334. The van der Waals surface area contributed by atoms with Crippen LogP contribution >= 0.6 is 0 Å². The first-order valence-electron chi connectivity index (χ1n) is 9.85. The molecule has 1 N–H and O–H groups in total. The lowest BCUT2D eigenvalue weighted by atomic mass is 9.95. The molecule has 0 atom stereocenters. The van der Waals surface area contributed by atoms with Gasteiger partial charge >= 0.3 is 0 Å². The Labute approximate surface area is 165 Å². The molecule has 4 rings (SSSR count). The number of hydrogen-bond donors (Lipinski definition) is 1. The molecule has 0 radical (unpaired) electrons. The number of sulfonamides is 1. The van der Waals surface area contributed by atoms with Gasteiger partial charge in [-0.3, -0.25) is 9.36 Å². The molecule has 2 aliphatic rings. The van der Waals surface area contributed by atoms with Crippen molar-refractivity contribution in [3.63, 3.8) is 0 Å². The second-order valence-corrected chi connectivity index (χ2v) is 9.38. The predicted octanol–water partition coefficient (Wildman–Crippen LogP) is 2.11. The molecule has 0 spiro atoms. The number of pyridine rings is 1. The summed E-state index contributed by atoms with van der Waals surface area (Å²) in [7, 11) is -3.48. The highest BCUT2D eigenvalue weighted by Gasteiger charge is 2.27. The highest BCUT2D eigenvalue weighted by atomic mass is 32.2. The zero-order valence-electron chi connectivity index (χ0n) is 15.7. The lowest BCUT2D eigenvalue weighted by Gasteiger charge is -2.22. The van der Waals surface area contributed by atoms with Crippen molar-refractivity contribution in [3.05, 3.63) is 36.5 Å². The van der Waals surface area contributed by atoms with E-state index < -0.39 is 10.0 Å². The molecule has 8 nitrogen and oxygen atoms in total. The van der Waals surface area contributed by atoms with Crippen molar-refractivity contribution in [1.29, 1.82) is 0 Å². The first-order valence-corrected chi connectivity index (χ1v) is 11.3. The van der Waals surface area contributed by atoms with Gasteiger partial charge < -0.3 is 5.32 Å². The molecule has 3 heterocycles. The van der Waals surface area contributed by atoms with Gasteiger partial charge in [0.25, 0.3) is 5.91 Å². The molecule has 2 aromatic heterocycles. The second-order valence-electron chi connectivity index (χ2n) is 7.44. The minimum Gasteiger partial charge on any atom is -0.348 e. The van der Waals surface area contributed by atoms with Crippen LogP contribution in [0.2, 0.25) is 0 Å². The molecular weight excluding hydrogens is 378 g/mol. The Balaban J connectivity index is 1.45. The predicted molar refractivity (Wildman–Crippen MR) is 104 cm³/mol. The van der Waals surface area contributed by atoms with Gasteiger partial charge in [-0.1, -0.05) is 19.3 Å². The lowest BCUT2D eigenvalue weighted by molar-refractivity contribution is 0.0923. The summed E-state index contributed by atoms with van der Waals surface area (Å²) in [6.45, 7) is 1.12. The van der Waals surface area contributed by atoms with Gasteiger partial charge in [0, 0.05) is 31.5 Å². The largest absolute Gasteiger partial charge is 0.348 e. The average Bonchev–Trinajstić information content (AvgIpc) is 3.41. The number of amides is 1. The van der Waals surface area contributed by atoms with Gasteiger partial charge in [-0.2, -0.15) is 4.31 Å². The Morgan fingerprint density at radius 3 is 2.46 bits per heavy atom. The first-order chi connectivity index (χ1) is 13.5. The summed E-state index contributed by atoms with van der Waals surface area (Å²) >= 11 is 0. The van der Waals surface area contributed by atoms with Crippen LogP contribution < -0.4 is 5.32 Å². The van der Waals surface area contributed by atoms with Crippen molar-refractivity contribution < 1.29 is 13.2 Å². The van der Waals surface area contributed by atoms with Crippen molar-refractivity contribution in [2.45, 2.75) is 55.9 Å². The van der Waals surface area contributed by atoms with Gasteiger partial charge in [-0.15, -0.1) is 0 Å². The van der Waals surface area contributed by atoms with Crippen LogP contribution in [0.4, 0.5) is 0 Å². The number of carbonyl (C=O) groups excluding carboxylic acids is 1. The van der Waals surface area contributed by atoms with Crippen molar-refractivity contribution in [2.24, 2.45) is 0 Å². The SMILES string of the molecule is O=C(NC1CCCCC1)c1cn(-c2ccc(S(=O)(=O)N3CCCC3)cn2)cn1. The fourth-order valence-electron chi connectivity index (χ4n) is 3.83. The molecule has 0 unspecified atom stereocenters. The van der Waals surface area contributed by atoms with E-state index in [1.54, 1.807) is 22.9 Å². The van der Waals surface area contributed by atoms with E-state index in [4.69, 9.17) is 0 Å². The van der Waals surface area contributed by atoms with Crippen molar-refractivity contribution in [3.8, 4) is 5.82 Å². The van der Waals surface area contributed by atoms with E-state index in [9.17, 15) is 13.2 Å². The van der Waals surface area contributed by atoms with E-state index in [1.165, 1.54) is 23.3 Å². The summed E-state index contributed by atoms with van der Waals surface area (Å²) in [4.78, 5) is 21.0. The maximum Gasteiger partial charge on any atom is 0.271 e. The molecule has 1 aliphatic carbocycles. The first kappa shape index (κ1) is 19.1. The molecule has 0 bridgehead atoms. The fraction of sp³-hybridized carbons (Fsp3) is 0.526. The van der Waals surface area contributed by atoms with Gasteiger partial charge in [-0.25, -0.2) is 18.4 Å². The minimum absolute atomic E-state index is 0.182. The van der Waals surface area contributed by atoms with E-state index in [0.29, 0.717) is 24.6 Å². The van der Waals surface area contributed by atoms with Gasteiger partial charge in [-0.05, 0) is 37.8 Å². The number of imidazole rings is 1. The molecule has 1 saturated carbocycles. The van der Waals surface area contributed by atoms with E-state index in [2.05, 4.69) is 15.3 Å². The molecule has 1 amide bonds. The molecule has 9 heteroatoms. The average molecular weight is 404 g/mol. The number of nitrogens with one attached hydrogen (secondary N) is 1. The third-order valence-electron chi connectivity index (χ3n) is 5.44. The maximum atomic E-state index is 12.6. The Bertz CT molecular complexity index is 927. The molecule has 28 heavy (non-hydrogen) atoms. The number of carbonyl (C=O) groups is 1. The number of aromatic nitrogens is 3. The van der Waals surface area contributed by atoms with E-state index in [-0.39, 0.29) is 16.8 Å². The lowest BCUT2D eigenvalue weighted by Crippen LogP contribution is -2.36. The maximum absolute atomic E-state index is 12.6. The molecule has 1 saturated heterocycles. The van der Waals surface area contributed by atoms with Crippen molar-refractivity contribution in [1.82, 2.24) is 24.2 Å². The quantitative estimate of drug-likeness (QED) is 0.825. The van der Waals surface area contributed by atoms with Crippen LogP contribution in [0.5, 0.6) is 0 Å². The number of rotatable bonds is 5. The number of hydrogen-bond acceptors (Lipinski definition) is 5. The highest BCUT2D eigenvalue weighted by molar-refractivity contribution is 7.89. The molecular formula is C19H25N5O3S. The van der Waals surface area contributed by atoms with Crippen LogP contribution in [-0.4, -0.2) is 52.3 Å². The Hall–Kier alpha value is -2.26. The molecule has 2 fully saturated rings. The van der Waals surface area contributed by atoms with Gasteiger partial charge in [0.1, 0.15) is 22.7 Å². The van der Waals surface area contributed by atoms with Gasteiger partial charge in [0.2, 0.25) is 10.0 Å². The standard InChI is InChI=1S/C19H25N5O3S/c25-19(22-15-6-2-1-3-7-15)17-13-23(14-21-17)18-9-8-16(12-20-18)28(26,27)24-10-4-5-11-24/h8-9,12-15H,1-7,10-11H2,(H,22,25). The van der Waals surface area contributed by atoms with Crippen molar-refractivity contribution >= 4 is 15.9 Å². The Kier molecular flexibility index (Phi) is 5.45. The summed E-state index contributed by atoms with van der Waals surface area (Å²) in [5.74, 6) is 0.337. The third kappa shape index (κ3) is 3.95. The van der Waals surface area contributed by atoms with Crippen LogP contribution in [0.15, 0.2) is 35.7 Å².